The van der Waals surface area contributed by atoms with Crippen LogP contribution in [0.2, 0.25) is 0 Å². The first kappa shape index (κ1) is 14.6. The van der Waals surface area contributed by atoms with E-state index in [1.165, 1.54) is 7.11 Å². The average Bonchev–Trinajstić information content (AvgIpc) is 2.39. The summed E-state index contributed by atoms with van der Waals surface area (Å²) in [5.74, 6) is 1.31. The van der Waals surface area contributed by atoms with Crippen LogP contribution in [-0.2, 0) is 11.2 Å². The molecule has 0 spiro atoms. The van der Waals surface area contributed by atoms with Gasteiger partial charge in [0.05, 0.1) is 25.8 Å². The van der Waals surface area contributed by atoms with Gasteiger partial charge in [0, 0.05) is 6.54 Å². The molecule has 0 bridgehead atoms. The lowest BCUT2D eigenvalue weighted by molar-refractivity contribution is 0.171. The first-order chi connectivity index (χ1) is 8.63. The molecule has 0 aliphatic carbocycles. The Morgan fingerprint density at radius 2 is 2.00 bits per heavy atom. The highest BCUT2D eigenvalue weighted by atomic mass is 79.9. The van der Waals surface area contributed by atoms with E-state index in [4.69, 9.17) is 9.47 Å². The molecule has 100 valence electrons. The largest absolute Gasteiger partial charge is 0.493 e. The molecule has 1 rings (SSSR count). The second-order valence-electron chi connectivity index (χ2n) is 3.44. The normalized spacial score (nSPS) is 9.78. The molecule has 0 fully saturated rings. The number of benzene rings is 1. The van der Waals surface area contributed by atoms with Crippen molar-refractivity contribution in [2.24, 2.45) is 0 Å². The van der Waals surface area contributed by atoms with E-state index in [-0.39, 0.29) is 0 Å². The smallest absolute Gasteiger partial charge is 0.406 e. The van der Waals surface area contributed by atoms with Gasteiger partial charge in [0.1, 0.15) is 0 Å². The molecule has 0 radical (unpaired) electrons. The maximum Gasteiger partial charge on any atom is 0.406 e. The number of alkyl carbamates (subject to hydrolysis) is 1. The zero-order valence-corrected chi connectivity index (χ0v) is 12.2. The Balaban J connectivity index is 2.75. The molecule has 1 aromatic rings. The molecule has 0 aliphatic heterocycles. The Morgan fingerprint density at radius 3 is 2.56 bits per heavy atom. The molecular weight excluding hydrogens is 302 g/mol. The lowest BCUT2D eigenvalue weighted by atomic mass is 10.1. The van der Waals surface area contributed by atoms with Crippen LogP contribution in [0.25, 0.3) is 0 Å². The van der Waals surface area contributed by atoms with Crippen LogP contribution in [0.4, 0.5) is 4.79 Å². The molecule has 0 saturated heterocycles. The Kier molecular flexibility index (Phi) is 5.77. The van der Waals surface area contributed by atoms with Gasteiger partial charge in [-0.1, -0.05) is 6.07 Å². The van der Waals surface area contributed by atoms with E-state index in [1.54, 1.807) is 14.2 Å². The summed E-state index contributed by atoms with van der Waals surface area (Å²) in [5.41, 5.74) is 1.02. The SMILES string of the molecule is COC(=O)NCCc1ccc(OC)c(OC)c1Br. The fourth-order valence-electron chi connectivity index (χ4n) is 1.49. The summed E-state index contributed by atoms with van der Waals surface area (Å²) < 4.78 is 15.8. The van der Waals surface area contributed by atoms with Crippen LogP contribution in [0.5, 0.6) is 11.5 Å². The van der Waals surface area contributed by atoms with E-state index in [9.17, 15) is 4.79 Å². The van der Waals surface area contributed by atoms with Crippen molar-refractivity contribution >= 4 is 22.0 Å². The van der Waals surface area contributed by atoms with Crippen molar-refractivity contribution in [1.29, 1.82) is 0 Å². The van der Waals surface area contributed by atoms with E-state index in [2.05, 4.69) is 26.0 Å². The average molecular weight is 318 g/mol. The van der Waals surface area contributed by atoms with E-state index in [0.29, 0.717) is 24.5 Å². The van der Waals surface area contributed by atoms with Gasteiger partial charge in [-0.2, -0.15) is 0 Å². The molecular formula is C12H16BrNO4. The number of amides is 1. The lowest BCUT2D eigenvalue weighted by Crippen LogP contribution is -2.25. The summed E-state index contributed by atoms with van der Waals surface area (Å²) in [5, 5.41) is 2.62. The zero-order valence-electron chi connectivity index (χ0n) is 10.6. The molecule has 1 amide bonds. The summed E-state index contributed by atoms with van der Waals surface area (Å²) in [6, 6.07) is 3.75. The second-order valence-corrected chi connectivity index (χ2v) is 4.24. The molecule has 6 heteroatoms. The molecule has 5 nitrogen and oxygen atoms in total. The van der Waals surface area contributed by atoms with Gasteiger partial charge in [-0.3, -0.25) is 0 Å². The number of halogens is 1. The van der Waals surface area contributed by atoms with Crippen molar-refractivity contribution in [3.05, 3.63) is 22.2 Å². The third-order valence-electron chi connectivity index (χ3n) is 2.41. The maximum atomic E-state index is 10.9. The van der Waals surface area contributed by atoms with E-state index in [0.717, 1.165) is 10.0 Å². The van der Waals surface area contributed by atoms with Gasteiger partial charge in [-0.05, 0) is 34.0 Å². The van der Waals surface area contributed by atoms with E-state index in [1.807, 2.05) is 12.1 Å². The topological polar surface area (TPSA) is 56.8 Å². The van der Waals surface area contributed by atoms with Crippen molar-refractivity contribution in [2.45, 2.75) is 6.42 Å². The van der Waals surface area contributed by atoms with Crippen molar-refractivity contribution in [3.8, 4) is 11.5 Å². The van der Waals surface area contributed by atoms with Crippen LogP contribution < -0.4 is 14.8 Å². The Bertz CT molecular complexity index is 423. The van der Waals surface area contributed by atoms with Gasteiger partial charge in [0.15, 0.2) is 11.5 Å². The molecule has 0 aliphatic rings. The van der Waals surface area contributed by atoms with Crippen molar-refractivity contribution in [3.63, 3.8) is 0 Å². The van der Waals surface area contributed by atoms with Gasteiger partial charge < -0.3 is 19.5 Å². The highest BCUT2D eigenvalue weighted by Crippen LogP contribution is 2.37. The summed E-state index contributed by atoms with van der Waals surface area (Å²) in [6.07, 6.45) is 0.224. The first-order valence-corrected chi connectivity index (χ1v) is 6.14. The van der Waals surface area contributed by atoms with Gasteiger partial charge in [0.25, 0.3) is 0 Å². The molecule has 0 heterocycles. The van der Waals surface area contributed by atoms with Gasteiger partial charge >= 0.3 is 6.09 Å². The first-order valence-electron chi connectivity index (χ1n) is 5.35. The summed E-state index contributed by atoms with van der Waals surface area (Å²) >= 11 is 3.47. The van der Waals surface area contributed by atoms with Crippen LogP contribution in [-0.4, -0.2) is 34.0 Å². The van der Waals surface area contributed by atoms with Gasteiger partial charge in [0.2, 0.25) is 0 Å². The highest BCUT2D eigenvalue weighted by Gasteiger charge is 2.12. The predicted molar refractivity (Wildman–Crippen MR) is 71.4 cm³/mol. The third-order valence-corrected chi connectivity index (χ3v) is 3.28. The van der Waals surface area contributed by atoms with Crippen LogP contribution in [0, 0.1) is 0 Å². The third kappa shape index (κ3) is 3.53. The number of nitrogens with one attached hydrogen (secondary N) is 1. The zero-order chi connectivity index (χ0) is 13.5. The molecule has 1 N–H and O–H groups in total. The van der Waals surface area contributed by atoms with Crippen LogP contribution >= 0.6 is 15.9 Å². The van der Waals surface area contributed by atoms with Crippen LogP contribution in [0.1, 0.15) is 5.56 Å². The number of rotatable bonds is 5. The van der Waals surface area contributed by atoms with Crippen molar-refractivity contribution in [1.82, 2.24) is 5.32 Å². The number of hydrogen-bond acceptors (Lipinski definition) is 4. The van der Waals surface area contributed by atoms with Crippen molar-refractivity contribution in [2.75, 3.05) is 27.9 Å². The van der Waals surface area contributed by atoms with Gasteiger partial charge in [-0.25, -0.2) is 4.79 Å². The number of hydrogen-bond donors (Lipinski definition) is 1. The van der Waals surface area contributed by atoms with E-state index >= 15 is 0 Å². The summed E-state index contributed by atoms with van der Waals surface area (Å²) in [4.78, 5) is 10.9. The molecule has 18 heavy (non-hydrogen) atoms. The second kappa shape index (κ2) is 7.10. The number of ether oxygens (including phenoxy) is 3. The quantitative estimate of drug-likeness (QED) is 0.905. The molecule has 0 unspecified atom stereocenters. The standard InChI is InChI=1S/C12H16BrNO4/c1-16-9-5-4-8(10(13)11(9)17-2)6-7-14-12(15)18-3/h4-5H,6-7H2,1-3H3,(H,14,15). The van der Waals surface area contributed by atoms with Crippen molar-refractivity contribution < 1.29 is 19.0 Å². The fraction of sp³-hybridized carbons (Fsp3) is 0.417. The maximum absolute atomic E-state index is 10.9. The minimum absolute atomic E-state index is 0.438. The molecule has 1 aromatic carbocycles. The van der Waals surface area contributed by atoms with Crippen LogP contribution in [0.15, 0.2) is 16.6 Å². The highest BCUT2D eigenvalue weighted by molar-refractivity contribution is 9.10. The minimum atomic E-state index is -0.438. The number of methoxy groups -OCH3 is 3. The Labute approximate surface area is 115 Å². The molecule has 0 saturated carbocycles. The van der Waals surface area contributed by atoms with Gasteiger partial charge in [-0.15, -0.1) is 0 Å². The van der Waals surface area contributed by atoms with E-state index < -0.39 is 6.09 Å². The Hall–Kier alpha value is -1.43. The number of carbonyl (C=O) groups excluding carboxylic acids is 1. The fourth-order valence-corrected chi connectivity index (χ4v) is 2.18. The monoisotopic (exact) mass is 317 g/mol. The predicted octanol–water partition coefficient (Wildman–Crippen LogP) is 2.36. The Morgan fingerprint density at radius 1 is 1.28 bits per heavy atom. The minimum Gasteiger partial charge on any atom is -0.493 e. The van der Waals surface area contributed by atoms with Crippen LogP contribution in [0.3, 0.4) is 0 Å². The molecule has 0 atom stereocenters. The molecule has 0 aromatic heterocycles. The summed E-state index contributed by atoms with van der Waals surface area (Å²) in [6.45, 7) is 0.487. The lowest BCUT2D eigenvalue weighted by Gasteiger charge is -2.13. The summed E-state index contributed by atoms with van der Waals surface area (Å²) in [7, 11) is 4.50. The number of carbonyl (C=O) groups is 1.